The molecule has 0 atom stereocenters. The van der Waals surface area contributed by atoms with Crippen LogP contribution in [0.3, 0.4) is 0 Å². The van der Waals surface area contributed by atoms with E-state index in [2.05, 4.69) is 31.3 Å². The summed E-state index contributed by atoms with van der Waals surface area (Å²) in [4.78, 5) is 0. The fraction of sp³-hybridized carbons (Fsp3) is 0.455. The van der Waals surface area contributed by atoms with Gasteiger partial charge in [0.25, 0.3) is 0 Å². The van der Waals surface area contributed by atoms with E-state index in [1.165, 1.54) is 5.56 Å². The standard InChI is InChI=1S/C11H16ClN/c1-9(2)13-8-7-10-3-5-11(12)6-4-10/h3-6,9,13H,7-8H2,1-2H3. The van der Waals surface area contributed by atoms with Crippen molar-refractivity contribution in [1.29, 1.82) is 0 Å². The average molecular weight is 198 g/mol. The average Bonchev–Trinajstić information content (AvgIpc) is 2.08. The molecule has 0 radical (unpaired) electrons. The van der Waals surface area contributed by atoms with Gasteiger partial charge in [0.1, 0.15) is 0 Å². The number of hydrogen-bond donors (Lipinski definition) is 1. The van der Waals surface area contributed by atoms with Crippen molar-refractivity contribution >= 4 is 11.6 Å². The Bertz CT molecular complexity index is 241. The van der Waals surface area contributed by atoms with Crippen molar-refractivity contribution in [2.45, 2.75) is 26.3 Å². The smallest absolute Gasteiger partial charge is 0.0406 e. The van der Waals surface area contributed by atoms with Gasteiger partial charge in [-0.05, 0) is 30.7 Å². The van der Waals surface area contributed by atoms with E-state index in [4.69, 9.17) is 11.6 Å². The summed E-state index contributed by atoms with van der Waals surface area (Å²) in [6, 6.07) is 8.58. The van der Waals surface area contributed by atoms with Gasteiger partial charge in [-0.25, -0.2) is 0 Å². The molecule has 0 heterocycles. The van der Waals surface area contributed by atoms with Crippen LogP contribution in [0.2, 0.25) is 5.02 Å². The van der Waals surface area contributed by atoms with Crippen LogP contribution in [-0.2, 0) is 6.42 Å². The summed E-state index contributed by atoms with van der Waals surface area (Å²) in [5.74, 6) is 0. The molecule has 0 aliphatic heterocycles. The van der Waals surface area contributed by atoms with Crippen molar-refractivity contribution in [2.24, 2.45) is 0 Å². The Hall–Kier alpha value is -0.530. The highest BCUT2D eigenvalue weighted by Gasteiger charge is 1.94. The van der Waals surface area contributed by atoms with Crippen molar-refractivity contribution in [3.05, 3.63) is 34.9 Å². The molecule has 72 valence electrons. The first-order valence-electron chi connectivity index (χ1n) is 4.66. The normalized spacial score (nSPS) is 10.8. The van der Waals surface area contributed by atoms with Gasteiger partial charge in [0.2, 0.25) is 0 Å². The van der Waals surface area contributed by atoms with Gasteiger partial charge in [0, 0.05) is 11.1 Å². The molecule has 1 aromatic rings. The SMILES string of the molecule is CC(C)NCCc1ccc(Cl)cc1. The van der Waals surface area contributed by atoms with Crippen molar-refractivity contribution in [3.63, 3.8) is 0 Å². The molecule has 0 spiro atoms. The second-order valence-corrected chi connectivity index (χ2v) is 3.92. The van der Waals surface area contributed by atoms with Gasteiger partial charge in [-0.15, -0.1) is 0 Å². The van der Waals surface area contributed by atoms with Crippen LogP contribution in [0.15, 0.2) is 24.3 Å². The van der Waals surface area contributed by atoms with Crippen LogP contribution in [0.5, 0.6) is 0 Å². The Morgan fingerprint density at radius 2 is 1.85 bits per heavy atom. The number of rotatable bonds is 4. The molecule has 1 rings (SSSR count). The molecular formula is C11H16ClN. The second-order valence-electron chi connectivity index (χ2n) is 3.49. The number of halogens is 1. The quantitative estimate of drug-likeness (QED) is 0.783. The summed E-state index contributed by atoms with van der Waals surface area (Å²) in [6.07, 6.45) is 1.06. The van der Waals surface area contributed by atoms with Crippen LogP contribution in [0.1, 0.15) is 19.4 Å². The van der Waals surface area contributed by atoms with Crippen LogP contribution in [-0.4, -0.2) is 12.6 Å². The Balaban J connectivity index is 2.33. The molecule has 1 nitrogen and oxygen atoms in total. The molecule has 1 aromatic carbocycles. The van der Waals surface area contributed by atoms with Gasteiger partial charge in [-0.1, -0.05) is 37.6 Å². The first-order chi connectivity index (χ1) is 6.18. The Kier molecular flexibility index (Phi) is 4.26. The van der Waals surface area contributed by atoms with E-state index in [1.807, 2.05) is 12.1 Å². The molecular weight excluding hydrogens is 182 g/mol. The zero-order chi connectivity index (χ0) is 9.68. The minimum Gasteiger partial charge on any atom is -0.314 e. The van der Waals surface area contributed by atoms with Gasteiger partial charge >= 0.3 is 0 Å². The largest absolute Gasteiger partial charge is 0.314 e. The summed E-state index contributed by atoms with van der Waals surface area (Å²) in [6.45, 7) is 5.34. The second kappa shape index (κ2) is 5.25. The Morgan fingerprint density at radius 1 is 1.23 bits per heavy atom. The number of hydrogen-bond acceptors (Lipinski definition) is 1. The van der Waals surface area contributed by atoms with Gasteiger partial charge < -0.3 is 5.32 Å². The molecule has 0 saturated heterocycles. The molecule has 0 saturated carbocycles. The first kappa shape index (κ1) is 10.6. The third-order valence-corrected chi connectivity index (χ3v) is 2.13. The van der Waals surface area contributed by atoms with E-state index in [0.29, 0.717) is 6.04 Å². The van der Waals surface area contributed by atoms with Gasteiger partial charge in [-0.3, -0.25) is 0 Å². The molecule has 1 N–H and O–H groups in total. The lowest BCUT2D eigenvalue weighted by Crippen LogP contribution is -2.24. The summed E-state index contributed by atoms with van der Waals surface area (Å²) >= 11 is 5.78. The van der Waals surface area contributed by atoms with E-state index in [-0.39, 0.29) is 0 Å². The predicted molar refractivity (Wildman–Crippen MR) is 58.3 cm³/mol. The monoisotopic (exact) mass is 197 g/mol. The van der Waals surface area contributed by atoms with Crippen LogP contribution in [0, 0.1) is 0 Å². The lowest BCUT2D eigenvalue weighted by Gasteiger charge is -2.07. The molecule has 0 aliphatic carbocycles. The first-order valence-corrected chi connectivity index (χ1v) is 5.04. The van der Waals surface area contributed by atoms with Crippen molar-refractivity contribution in [3.8, 4) is 0 Å². The molecule has 0 unspecified atom stereocenters. The van der Waals surface area contributed by atoms with Crippen molar-refractivity contribution in [2.75, 3.05) is 6.54 Å². The molecule has 0 bridgehead atoms. The summed E-state index contributed by atoms with van der Waals surface area (Å²) in [5, 5.41) is 4.18. The van der Waals surface area contributed by atoms with Crippen LogP contribution in [0.25, 0.3) is 0 Å². The van der Waals surface area contributed by atoms with Crippen molar-refractivity contribution < 1.29 is 0 Å². The topological polar surface area (TPSA) is 12.0 Å². The van der Waals surface area contributed by atoms with Crippen molar-refractivity contribution in [1.82, 2.24) is 5.32 Å². The highest BCUT2D eigenvalue weighted by molar-refractivity contribution is 6.30. The third kappa shape index (κ3) is 4.30. The Morgan fingerprint density at radius 3 is 2.38 bits per heavy atom. The van der Waals surface area contributed by atoms with Gasteiger partial charge in [0.05, 0.1) is 0 Å². The fourth-order valence-electron chi connectivity index (χ4n) is 1.16. The van der Waals surface area contributed by atoms with E-state index in [0.717, 1.165) is 18.0 Å². The van der Waals surface area contributed by atoms with Crippen LogP contribution >= 0.6 is 11.6 Å². The maximum atomic E-state index is 5.78. The van der Waals surface area contributed by atoms with Crippen LogP contribution in [0.4, 0.5) is 0 Å². The molecule has 0 fully saturated rings. The van der Waals surface area contributed by atoms with Gasteiger partial charge in [0.15, 0.2) is 0 Å². The van der Waals surface area contributed by atoms with E-state index in [9.17, 15) is 0 Å². The fourth-order valence-corrected chi connectivity index (χ4v) is 1.28. The summed E-state index contributed by atoms with van der Waals surface area (Å²) < 4.78 is 0. The Labute approximate surface area is 85.1 Å². The molecule has 0 aromatic heterocycles. The highest BCUT2D eigenvalue weighted by Crippen LogP contribution is 2.09. The minimum atomic E-state index is 0.562. The third-order valence-electron chi connectivity index (χ3n) is 1.88. The zero-order valence-electron chi connectivity index (χ0n) is 8.18. The molecule has 0 aliphatic rings. The number of nitrogens with one attached hydrogen (secondary N) is 1. The van der Waals surface area contributed by atoms with E-state index in [1.54, 1.807) is 0 Å². The van der Waals surface area contributed by atoms with Crippen LogP contribution < -0.4 is 5.32 Å². The molecule has 13 heavy (non-hydrogen) atoms. The maximum Gasteiger partial charge on any atom is 0.0406 e. The minimum absolute atomic E-state index is 0.562. The lowest BCUT2D eigenvalue weighted by atomic mass is 10.1. The van der Waals surface area contributed by atoms with Gasteiger partial charge in [-0.2, -0.15) is 0 Å². The molecule has 2 heteroatoms. The highest BCUT2D eigenvalue weighted by atomic mass is 35.5. The lowest BCUT2D eigenvalue weighted by molar-refractivity contribution is 0.590. The van der Waals surface area contributed by atoms with E-state index >= 15 is 0 Å². The van der Waals surface area contributed by atoms with E-state index < -0.39 is 0 Å². The number of benzene rings is 1. The molecule has 0 amide bonds. The summed E-state index contributed by atoms with van der Waals surface area (Å²) in [7, 11) is 0. The maximum absolute atomic E-state index is 5.78. The predicted octanol–water partition coefficient (Wildman–Crippen LogP) is 2.88. The zero-order valence-corrected chi connectivity index (χ0v) is 8.93. The summed E-state index contributed by atoms with van der Waals surface area (Å²) in [5.41, 5.74) is 1.33.